The summed E-state index contributed by atoms with van der Waals surface area (Å²) >= 11 is 0. The highest BCUT2D eigenvalue weighted by Crippen LogP contribution is 2.32. The fraction of sp³-hybridized carbons (Fsp3) is 0.167. The second kappa shape index (κ2) is 3.81. The van der Waals surface area contributed by atoms with Gasteiger partial charge in [-0.25, -0.2) is 5.48 Å². The molecule has 1 N–H and O–H groups in total. The van der Waals surface area contributed by atoms with Crippen molar-refractivity contribution >= 4 is 0 Å². The van der Waals surface area contributed by atoms with Crippen molar-refractivity contribution in [1.82, 2.24) is 5.48 Å². The number of nitrogens with one attached hydrogen (secondary N) is 1. The molecule has 3 rings (SSSR count). The summed E-state index contributed by atoms with van der Waals surface area (Å²) in [6.07, 6.45) is 5.14. The first-order valence-electron chi connectivity index (χ1n) is 5.10. The van der Waals surface area contributed by atoms with Gasteiger partial charge in [-0.1, -0.05) is 12.1 Å². The Morgan fingerprint density at radius 3 is 2.88 bits per heavy atom. The van der Waals surface area contributed by atoms with Gasteiger partial charge in [-0.3, -0.25) is 0 Å². The lowest BCUT2D eigenvalue weighted by atomic mass is 10.2. The summed E-state index contributed by atoms with van der Waals surface area (Å²) in [4.78, 5) is 4.99. The van der Waals surface area contributed by atoms with Gasteiger partial charge in [0.05, 0.1) is 5.70 Å². The Hall–Kier alpha value is -2.10. The topological polar surface area (TPSA) is 39.7 Å². The minimum absolute atomic E-state index is 0.153. The predicted molar refractivity (Wildman–Crippen MR) is 57.8 cm³/mol. The van der Waals surface area contributed by atoms with Gasteiger partial charge in [0.1, 0.15) is 12.9 Å². The molecule has 0 spiro atoms. The molecule has 1 unspecified atom stereocenters. The van der Waals surface area contributed by atoms with Crippen molar-refractivity contribution in [3.63, 3.8) is 0 Å². The number of allylic oxidation sites excluding steroid dienone is 2. The molecule has 2 aliphatic rings. The maximum atomic E-state index is 5.80. The molecule has 2 heterocycles. The van der Waals surface area contributed by atoms with Gasteiger partial charge in [-0.15, -0.1) is 0 Å². The summed E-state index contributed by atoms with van der Waals surface area (Å²) in [7, 11) is 0. The summed E-state index contributed by atoms with van der Waals surface area (Å²) in [5, 5.41) is 0. The van der Waals surface area contributed by atoms with E-state index in [1.165, 1.54) is 0 Å². The molecule has 4 nitrogen and oxygen atoms in total. The molecule has 16 heavy (non-hydrogen) atoms. The van der Waals surface area contributed by atoms with Crippen LogP contribution in [0.1, 0.15) is 0 Å². The minimum Gasteiger partial charge on any atom is -0.485 e. The molecule has 82 valence electrons. The molecule has 2 aliphatic heterocycles. The van der Waals surface area contributed by atoms with Crippen molar-refractivity contribution in [2.75, 3.05) is 6.61 Å². The van der Waals surface area contributed by atoms with E-state index in [0.717, 1.165) is 17.2 Å². The SMILES string of the molecule is C1=CONC(C2COc3ccccc3O2)=C1. The van der Waals surface area contributed by atoms with E-state index < -0.39 is 0 Å². The molecular formula is C12H11NO3. The van der Waals surface area contributed by atoms with Gasteiger partial charge in [0.15, 0.2) is 17.6 Å². The number of hydroxylamine groups is 1. The monoisotopic (exact) mass is 217 g/mol. The standard InChI is InChI=1S/C12H11NO3/c1-2-6-11-10(5-1)14-8-12(16-11)9-4-3-7-15-13-9/h1-7,12-13H,8H2. The molecule has 4 heteroatoms. The quantitative estimate of drug-likeness (QED) is 0.778. The zero-order valence-electron chi connectivity index (χ0n) is 8.55. The third kappa shape index (κ3) is 1.58. The molecule has 0 radical (unpaired) electrons. The maximum Gasteiger partial charge on any atom is 0.175 e. The third-order valence-electron chi connectivity index (χ3n) is 2.45. The predicted octanol–water partition coefficient (Wildman–Crippen LogP) is 1.76. The van der Waals surface area contributed by atoms with Crippen LogP contribution in [0.2, 0.25) is 0 Å². The highest BCUT2D eigenvalue weighted by atomic mass is 16.6. The van der Waals surface area contributed by atoms with E-state index in [-0.39, 0.29) is 6.10 Å². The van der Waals surface area contributed by atoms with Crippen LogP contribution in [0, 0.1) is 0 Å². The molecule has 0 bridgehead atoms. The Balaban J connectivity index is 1.82. The van der Waals surface area contributed by atoms with E-state index in [4.69, 9.17) is 14.3 Å². The van der Waals surface area contributed by atoms with E-state index in [1.807, 2.05) is 36.4 Å². The smallest absolute Gasteiger partial charge is 0.175 e. The van der Waals surface area contributed by atoms with Crippen LogP contribution in [0.3, 0.4) is 0 Å². The van der Waals surface area contributed by atoms with Crippen LogP contribution < -0.4 is 15.0 Å². The number of hydrogen-bond donors (Lipinski definition) is 1. The Morgan fingerprint density at radius 2 is 2.06 bits per heavy atom. The number of ether oxygens (including phenoxy) is 2. The lowest BCUT2D eigenvalue weighted by molar-refractivity contribution is 0.0746. The van der Waals surface area contributed by atoms with E-state index in [9.17, 15) is 0 Å². The molecule has 0 saturated heterocycles. The van der Waals surface area contributed by atoms with E-state index in [2.05, 4.69) is 5.48 Å². The molecule has 1 aromatic rings. The Kier molecular flexibility index (Phi) is 2.18. The summed E-state index contributed by atoms with van der Waals surface area (Å²) in [6, 6.07) is 7.63. The number of fused-ring (bicyclic) bond motifs is 1. The Morgan fingerprint density at radius 1 is 1.19 bits per heavy atom. The van der Waals surface area contributed by atoms with Crippen LogP contribution in [0.5, 0.6) is 11.5 Å². The number of hydrogen-bond acceptors (Lipinski definition) is 4. The van der Waals surface area contributed by atoms with Gasteiger partial charge in [0.25, 0.3) is 0 Å². The van der Waals surface area contributed by atoms with Gasteiger partial charge in [0, 0.05) is 0 Å². The third-order valence-corrected chi connectivity index (χ3v) is 2.45. The molecular weight excluding hydrogens is 206 g/mol. The Labute approximate surface area is 93.1 Å². The second-order valence-electron chi connectivity index (χ2n) is 3.53. The van der Waals surface area contributed by atoms with Crippen molar-refractivity contribution in [2.24, 2.45) is 0 Å². The van der Waals surface area contributed by atoms with Crippen LogP contribution in [0.4, 0.5) is 0 Å². The van der Waals surface area contributed by atoms with E-state index in [0.29, 0.717) is 6.61 Å². The number of para-hydroxylation sites is 2. The molecule has 0 saturated carbocycles. The first-order valence-corrected chi connectivity index (χ1v) is 5.10. The average molecular weight is 217 g/mol. The normalized spacial score (nSPS) is 21.8. The first kappa shape index (κ1) is 9.15. The zero-order valence-corrected chi connectivity index (χ0v) is 8.55. The van der Waals surface area contributed by atoms with Crippen LogP contribution in [-0.2, 0) is 4.84 Å². The lowest BCUT2D eigenvalue weighted by Crippen LogP contribution is -2.36. The second-order valence-corrected chi connectivity index (χ2v) is 3.53. The summed E-state index contributed by atoms with van der Waals surface area (Å²) in [5.41, 5.74) is 3.65. The fourth-order valence-corrected chi connectivity index (χ4v) is 1.66. The van der Waals surface area contributed by atoms with Crippen molar-refractivity contribution in [3.8, 4) is 11.5 Å². The average Bonchev–Trinajstić information content (AvgIpc) is 2.39. The van der Waals surface area contributed by atoms with Gasteiger partial charge in [0.2, 0.25) is 0 Å². The van der Waals surface area contributed by atoms with Crippen LogP contribution in [0.25, 0.3) is 0 Å². The Bertz CT molecular complexity index is 453. The first-order chi connectivity index (χ1) is 7.93. The summed E-state index contributed by atoms with van der Waals surface area (Å²) < 4.78 is 11.4. The summed E-state index contributed by atoms with van der Waals surface area (Å²) in [5.74, 6) is 1.54. The van der Waals surface area contributed by atoms with Crippen LogP contribution in [-0.4, -0.2) is 12.7 Å². The van der Waals surface area contributed by atoms with E-state index >= 15 is 0 Å². The number of rotatable bonds is 1. The maximum absolute atomic E-state index is 5.80. The van der Waals surface area contributed by atoms with Crippen LogP contribution >= 0.6 is 0 Å². The van der Waals surface area contributed by atoms with Crippen molar-refractivity contribution in [1.29, 1.82) is 0 Å². The van der Waals surface area contributed by atoms with Crippen molar-refractivity contribution in [2.45, 2.75) is 6.10 Å². The highest BCUT2D eigenvalue weighted by molar-refractivity contribution is 5.41. The largest absolute Gasteiger partial charge is 0.485 e. The van der Waals surface area contributed by atoms with Crippen molar-refractivity contribution in [3.05, 3.63) is 48.4 Å². The highest BCUT2D eigenvalue weighted by Gasteiger charge is 2.24. The lowest BCUT2D eigenvalue weighted by Gasteiger charge is -2.28. The van der Waals surface area contributed by atoms with Crippen molar-refractivity contribution < 1.29 is 14.3 Å². The number of benzene rings is 1. The van der Waals surface area contributed by atoms with Gasteiger partial charge in [-0.05, 0) is 24.3 Å². The fourth-order valence-electron chi connectivity index (χ4n) is 1.66. The molecule has 1 aromatic carbocycles. The summed E-state index contributed by atoms with van der Waals surface area (Å²) in [6.45, 7) is 0.479. The molecule has 0 amide bonds. The zero-order chi connectivity index (χ0) is 10.8. The molecule has 1 atom stereocenters. The van der Waals surface area contributed by atoms with E-state index in [1.54, 1.807) is 6.26 Å². The van der Waals surface area contributed by atoms with Crippen LogP contribution in [0.15, 0.2) is 48.4 Å². The minimum atomic E-state index is -0.153. The molecule has 0 aromatic heterocycles. The van der Waals surface area contributed by atoms with Gasteiger partial charge in [-0.2, -0.15) is 0 Å². The van der Waals surface area contributed by atoms with Gasteiger partial charge >= 0.3 is 0 Å². The molecule has 0 fully saturated rings. The molecule has 0 aliphatic carbocycles. The van der Waals surface area contributed by atoms with Gasteiger partial charge < -0.3 is 14.3 Å².